The molecule has 0 amide bonds. The van der Waals surface area contributed by atoms with E-state index < -0.39 is 0 Å². The van der Waals surface area contributed by atoms with Gasteiger partial charge in [0.15, 0.2) is 5.78 Å². The molecular formula is C16H25NO. The van der Waals surface area contributed by atoms with Gasteiger partial charge < -0.3 is 4.90 Å². The first-order valence-electron chi connectivity index (χ1n) is 6.91. The zero-order valence-corrected chi connectivity index (χ0v) is 12.1. The Balaban J connectivity index is 2.63. The van der Waals surface area contributed by atoms with Crippen LogP contribution in [-0.4, -0.2) is 30.3 Å². The highest BCUT2D eigenvalue weighted by Crippen LogP contribution is 2.12. The summed E-state index contributed by atoms with van der Waals surface area (Å²) < 4.78 is 0. The van der Waals surface area contributed by atoms with E-state index in [4.69, 9.17) is 0 Å². The first kappa shape index (κ1) is 14.9. The lowest BCUT2D eigenvalue weighted by Gasteiger charge is -2.23. The number of ketones is 1. The molecule has 1 aromatic carbocycles. The maximum atomic E-state index is 12.3. The van der Waals surface area contributed by atoms with Gasteiger partial charge >= 0.3 is 0 Å². The van der Waals surface area contributed by atoms with E-state index >= 15 is 0 Å². The topological polar surface area (TPSA) is 20.3 Å². The Labute approximate surface area is 111 Å². The number of rotatable bonds is 7. The largest absolute Gasteiger partial charge is 0.303 e. The van der Waals surface area contributed by atoms with Crippen LogP contribution in [-0.2, 0) is 0 Å². The summed E-state index contributed by atoms with van der Waals surface area (Å²) in [5, 5.41) is 0. The summed E-state index contributed by atoms with van der Waals surface area (Å²) in [7, 11) is 0. The van der Waals surface area contributed by atoms with Crippen LogP contribution in [0, 0.1) is 12.8 Å². The van der Waals surface area contributed by atoms with Crippen molar-refractivity contribution in [1.29, 1.82) is 0 Å². The van der Waals surface area contributed by atoms with Gasteiger partial charge in [0.25, 0.3) is 0 Å². The molecule has 0 N–H and O–H groups in total. The number of hydrogen-bond donors (Lipinski definition) is 0. The Kier molecular flexibility index (Phi) is 6.06. The summed E-state index contributed by atoms with van der Waals surface area (Å²) in [5.41, 5.74) is 2.03. The van der Waals surface area contributed by atoms with Gasteiger partial charge in [-0.05, 0) is 26.4 Å². The lowest BCUT2D eigenvalue weighted by atomic mass is 9.98. The van der Waals surface area contributed by atoms with Crippen LogP contribution in [0.2, 0.25) is 0 Å². The van der Waals surface area contributed by atoms with Crippen LogP contribution >= 0.6 is 0 Å². The molecule has 0 radical (unpaired) electrons. The molecule has 0 spiro atoms. The third-order valence-corrected chi connectivity index (χ3v) is 3.30. The minimum atomic E-state index is 0.0687. The molecule has 0 aliphatic rings. The fourth-order valence-electron chi connectivity index (χ4n) is 2.17. The smallest absolute Gasteiger partial charge is 0.166 e. The second-order valence-electron chi connectivity index (χ2n) is 5.02. The molecule has 1 aromatic rings. The van der Waals surface area contributed by atoms with Crippen LogP contribution in [0.15, 0.2) is 24.3 Å². The number of hydrogen-bond acceptors (Lipinski definition) is 2. The molecule has 1 rings (SSSR count). The third kappa shape index (κ3) is 4.26. The van der Waals surface area contributed by atoms with E-state index in [2.05, 4.69) is 18.7 Å². The van der Waals surface area contributed by atoms with Crippen LogP contribution in [0.25, 0.3) is 0 Å². The van der Waals surface area contributed by atoms with E-state index in [1.54, 1.807) is 0 Å². The van der Waals surface area contributed by atoms with Crippen molar-refractivity contribution in [1.82, 2.24) is 4.90 Å². The first-order chi connectivity index (χ1) is 8.58. The van der Waals surface area contributed by atoms with E-state index in [9.17, 15) is 4.79 Å². The number of benzene rings is 1. The van der Waals surface area contributed by atoms with Crippen LogP contribution in [0.5, 0.6) is 0 Å². The molecule has 0 aliphatic carbocycles. The minimum Gasteiger partial charge on any atom is -0.303 e. The summed E-state index contributed by atoms with van der Waals surface area (Å²) in [6, 6.07) is 7.88. The summed E-state index contributed by atoms with van der Waals surface area (Å²) >= 11 is 0. The van der Waals surface area contributed by atoms with Crippen molar-refractivity contribution in [2.45, 2.75) is 34.1 Å². The fraction of sp³-hybridized carbons (Fsp3) is 0.562. The molecule has 0 aliphatic heterocycles. The molecule has 0 bridgehead atoms. The fourth-order valence-corrected chi connectivity index (χ4v) is 2.17. The monoisotopic (exact) mass is 247 g/mol. The van der Waals surface area contributed by atoms with Crippen LogP contribution < -0.4 is 0 Å². The maximum absolute atomic E-state index is 12.3. The van der Waals surface area contributed by atoms with Crippen molar-refractivity contribution in [3.05, 3.63) is 35.4 Å². The Morgan fingerprint density at radius 2 is 1.83 bits per heavy atom. The van der Waals surface area contributed by atoms with Gasteiger partial charge in [0.05, 0.1) is 0 Å². The van der Waals surface area contributed by atoms with E-state index in [0.29, 0.717) is 0 Å². The van der Waals surface area contributed by atoms with Gasteiger partial charge in [0.2, 0.25) is 0 Å². The maximum Gasteiger partial charge on any atom is 0.166 e. The van der Waals surface area contributed by atoms with Crippen molar-refractivity contribution in [2.24, 2.45) is 5.92 Å². The van der Waals surface area contributed by atoms with E-state index in [-0.39, 0.29) is 11.7 Å². The summed E-state index contributed by atoms with van der Waals surface area (Å²) in [6.07, 6.45) is 1.14. The molecule has 0 aromatic heterocycles. The zero-order valence-electron chi connectivity index (χ0n) is 12.1. The van der Waals surface area contributed by atoms with Gasteiger partial charge in [0.1, 0.15) is 0 Å². The highest BCUT2D eigenvalue weighted by atomic mass is 16.1. The quantitative estimate of drug-likeness (QED) is 0.687. The average Bonchev–Trinajstić information content (AvgIpc) is 2.38. The molecule has 1 unspecified atom stereocenters. The lowest BCUT2D eigenvalue weighted by Crippen LogP contribution is -2.32. The normalized spacial score (nSPS) is 12.7. The van der Waals surface area contributed by atoms with Crippen LogP contribution in [0.1, 0.15) is 43.1 Å². The van der Waals surface area contributed by atoms with Crippen molar-refractivity contribution >= 4 is 5.78 Å². The molecule has 0 heterocycles. The molecule has 2 nitrogen and oxygen atoms in total. The van der Waals surface area contributed by atoms with Gasteiger partial charge in [-0.15, -0.1) is 0 Å². The Hall–Kier alpha value is -1.15. The zero-order chi connectivity index (χ0) is 13.5. The second kappa shape index (κ2) is 7.32. The SMILES string of the molecule is CCCN(CC)CC(C)C(=O)c1ccc(C)cc1. The van der Waals surface area contributed by atoms with Crippen LogP contribution in [0.4, 0.5) is 0 Å². The van der Waals surface area contributed by atoms with E-state index in [0.717, 1.165) is 31.6 Å². The summed E-state index contributed by atoms with van der Waals surface area (Å²) in [6.45, 7) is 11.3. The molecule has 2 heteroatoms. The van der Waals surface area contributed by atoms with Gasteiger partial charge in [-0.1, -0.05) is 50.6 Å². The Morgan fingerprint density at radius 1 is 1.22 bits per heavy atom. The molecule has 18 heavy (non-hydrogen) atoms. The number of Topliss-reactive ketones (excluding diaryl/α,β-unsaturated/α-hetero) is 1. The second-order valence-corrected chi connectivity index (χ2v) is 5.02. The Bertz CT molecular complexity index is 369. The lowest BCUT2D eigenvalue weighted by molar-refractivity contribution is 0.0896. The third-order valence-electron chi connectivity index (χ3n) is 3.30. The highest BCUT2D eigenvalue weighted by Gasteiger charge is 2.17. The molecular weight excluding hydrogens is 222 g/mol. The highest BCUT2D eigenvalue weighted by molar-refractivity contribution is 5.97. The molecule has 0 fully saturated rings. The molecule has 0 saturated carbocycles. The van der Waals surface area contributed by atoms with Gasteiger partial charge in [-0.3, -0.25) is 4.79 Å². The molecule has 0 saturated heterocycles. The number of nitrogens with zero attached hydrogens (tertiary/aromatic N) is 1. The van der Waals surface area contributed by atoms with Crippen molar-refractivity contribution in [3.63, 3.8) is 0 Å². The van der Waals surface area contributed by atoms with Gasteiger partial charge in [-0.25, -0.2) is 0 Å². The van der Waals surface area contributed by atoms with Gasteiger partial charge in [-0.2, -0.15) is 0 Å². The predicted molar refractivity (Wildman–Crippen MR) is 77.1 cm³/mol. The first-order valence-corrected chi connectivity index (χ1v) is 6.91. The molecule has 100 valence electrons. The predicted octanol–water partition coefficient (Wildman–Crippen LogP) is 3.55. The van der Waals surface area contributed by atoms with Gasteiger partial charge in [0, 0.05) is 18.0 Å². The molecule has 1 atom stereocenters. The Morgan fingerprint density at radius 3 is 2.33 bits per heavy atom. The number of aryl methyl sites for hydroxylation is 1. The average molecular weight is 247 g/mol. The van der Waals surface area contributed by atoms with Crippen molar-refractivity contribution < 1.29 is 4.79 Å². The summed E-state index contributed by atoms with van der Waals surface area (Å²) in [5.74, 6) is 0.323. The van der Waals surface area contributed by atoms with E-state index in [1.807, 2.05) is 38.1 Å². The number of carbonyl (C=O) groups excluding carboxylic acids is 1. The van der Waals surface area contributed by atoms with Crippen LogP contribution in [0.3, 0.4) is 0 Å². The van der Waals surface area contributed by atoms with Crippen molar-refractivity contribution in [3.8, 4) is 0 Å². The van der Waals surface area contributed by atoms with Crippen molar-refractivity contribution in [2.75, 3.05) is 19.6 Å². The minimum absolute atomic E-state index is 0.0687. The number of carbonyl (C=O) groups is 1. The summed E-state index contributed by atoms with van der Waals surface area (Å²) in [4.78, 5) is 14.6. The standard InChI is InChI=1S/C16H25NO/c1-5-11-17(6-2)12-14(4)16(18)15-9-7-13(3)8-10-15/h7-10,14H,5-6,11-12H2,1-4H3. The van der Waals surface area contributed by atoms with E-state index in [1.165, 1.54) is 5.56 Å².